The molecule has 0 amide bonds. The van der Waals surface area contributed by atoms with Gasteiger partial charge in [0.25, 0.3) is 0 Å². The first-order valence-electron chi connectivity index (χ1n) is 16.7. The number of fused-ring (bicyclic) bond motifs is 7. The fraction of sp³-hybridized carbons (Fsp3) is 0.526. The topological polar surface area (TPSA) is 105 Å². The van der Waals surface area contributed by atoms with Gasteiger partial charge in [-0.2, -0.15) is 0 Å². The molecule has 5 aliphatic rings. The van der Waals surface area contributed by atoms with Crippen molar-refractivity contribution < 1.29 is 38.1 Å². The molecule has 0 unspecified atom stereocenters. The molecule has 1 saturated heterocycles. The van der Waals surface area contributed by atoms with Crippen LogP contribution >= 0.6 is 11.8 Å². The number of aliphatic hydroxyl groups excluding tert-OH is 2. The summed E-state index contributed by atoms with van der Waals surface area (Å²) in [7, 11) is 0. The zero-order chi connectivity index (χ0) is 34.4. The molecule has 3 saturated carbocycles. The van der Waals surface area contributed by atoms with Crippen LogP contribution in [-0.2, 0) is 24.8 Å². The highest BCUT2D eigenvalue weighted by molar-refractivity contribution is 7.99. The number of aliphatic hydroxyl groups is 2. The van der Waals surface area contributed by atoms with Gasteiger partial charge in [0, 0.05) is 43.8 Å². The Kier molecular flexibility index (Phi) is 7.92. The quantitative estimate of drug-likeness (QED) is 0.306. The van der Waals surface area contributed by atoms with Crippen LogP contribution in [0.3, 0.4) is 0 Å². The summed E-state index contributed by atoms with van der Waals surface area (Å²) in [5.74, 6) is -4.01. The van der Waals surface area contributed by atoms with Crippen molar-refractivity contribution in [3.05, 3.63) is 77.9 Å². The van der Waals surface area contributed by atoms with Crippen molar-refractivity contribution in [3.8, 4) is 0 Å². The van der Waals surface area contributed by atoms with Crippen LogP contribution in [0.25, 0.3) is 0 Å². The Labute approximate surface area is 284 Å². The van der Waals surface area contributed by atoms with E-state index >= 15 is 8.78 Å². The molecule has 256 valence electrons. The first-order valence-corrected chi connectivity index (χ1v) is 17.6. The number of ether oxygens (including phenoxy) is 2. The second-order valence-electron chi connectivity index (χ2n) is 15.0. The minimum absolute atomic E-state index is 0.0394. The maximum Gasteiger partial charge on any atom is 0.193 e. The molecule has 0 radical (unpaired) electrons. The van der Waals surface area contributed by atoms with E-state index in [1.807, 2.05) is 36.4 Å². The molecule has 4 aliphatic carbocycles. The molecule has 2 aromatic carbocycles. The third-order valence-corrected chi connectivity index (χ3v) is 13.0. The number of rotatable bonds is 7. The number of alkyl halides is 2. The summed E-state index contributed by atoms with van der Waals surface area (Å²) < 4.78 is 47.0. The molecular formula is C38H43F2NO6S. The molecule has 2 aromatic rings. The van der Waals surface area contributed by atoms with Crippen molar-refractivity contribution in [3.63, 3.8) is 0 Å². The number of halogens is 2. The summed E-state index contributed by atoms with van der Waals surface area (Å²) in [6.07, 6.45) is -0.526. The van der Waals surface area contributed by atoms with E-state index in [9.17, 15) is 19.8 Å². The molecule has 10 heteroatoms. The number of anilines is 1. The molecule has 0 aromatic heterocycles. The van der Waals surface area contributed by atoms with E-state index in [0.717, 1.165) is 21.6 Å². The normalized spacial score (nSPS) is 41.3. The number of Topliss-reactive ketones (excluding diaryl/α,β-unsaturated/α-hetero) is 1. The van der Waals surface area contributed by atoms with E-state index in [1.165, 1.54) is 12.2 Å². The van der Waals surface area contributed by atoms with Gasteiger partial charge in [-0.25, -0.2) is 8.78 Å². The maximum atomic E-state index is 17.7. The number of hydrogen-bond donors (Lipinski definition) is 3. The molecule has 48 heavy (non-hydrogen) atoms. The summed E-state index contributed by atoms with van der Waals surface area (Å²) >= 11 is 1.60. The van der Waals surface area contributed by atoms with Gasteiger partial charge in [-0.15, -0.1) is 0 Å². The van der Waals surface area contributed by atoms with Crippen molar-refractivity contribution in [2.24, 2.45) is 22.7 Å². The Hall–Kier alpha value is -2.89. The van der Waals surface area contributed by atoms with E-state index in [0.29, 0.717) is 11.6 Å². The Morgan fingerprint density at radius 2 is 1.69 bits per heavy atom. The van der Waals surface area contributed by atoms with Crippen molar-refractivity contribution in [1.82, 2.24) is 0 Å². The van der Waals surface area contributed by atoms with Crippen molar-refractivity contribution in [1.29, 1.82) is 0 Å². The van der Waals surface area contributed by atoms with Gasteiger partial charge in [0.2, 0.25) is 0 Å². The zero-order valence-corrected chi connectivity index (χ0v) is 28.7. The van der Waals surface area contributed by atoms with Crippen molar-refractivity contribution >= 4 is 29.0 Å². The highest BCUT2D eigenvalue weighted by Crippen LogP contribution is 2.73. The Bertz CT molecular complexity index is 1700. The van der Waals surface area contributed by atoms with Crippen LogP contribution in [0, 0.1) is 22.7 Å². The second kappa shape index (κ2) is 11.3. The molecule has 3 N–H and O–H groups in total. The van der Waals surface area contributed by atoms with Crippen molar-refractivity contribution in [2.45, 2.75) is 105 Å². The van der Waals surface area contributed by atoms with Gasteiger partial charge in [0.15, 0.2) is 28.6 Å². The van der Waals surface area contributed by atoms with E-state index in [4.69, 9.17) is 9.47 Å². The number of nitrogens with one attached hydrogen (secondary N) is 1. The fourth-order valence-electron chi connectivity index (χ4n) is 9.81. The summed E-state index contributed by atoms with van der Waals surface area (Å²) in [5.41, 5.74) is -4.98. The summed E-state index contributed by atoms with van der Waals surface area (Å²) in [6.45, 7) is 8.41. The lowest BCUT2D eigenvalue weighted by atomic mass is 9.44. The first-order chi connectivity index (χ1) is 22.6. The lowest BCUT2D eigenvalue weighted by molar-refractivity contribution is -0.256. The number of allylic oxidation sites excluding steroid dienone is 4. The lowest BCUT2D eigenvalue weighted by Gasteiger charge is -2.63. The molecule has 0 spiro atoms. The smallest absolute Gasteiger partial charge is 0.193 e. The Morgan fingerprint density at radius 1 is 1.04 bits per heavy atom. The molecule has 1 heterocycles. The van der Waals surface area contributed by atoms with Gasteiger partial charge in [-0.3, -0.25) is 9.59 Å². The lowest BCUT2D eigenvalue weighted by Crippen LogP contribution is -2.71. The standard InChI is InChI=1S/C38H43F2NO6S/c1-21(2)41-23-8-12-26(13-9-23)48-25-10-6-22(7-11-25)36(5)46-33-18-27-28-17-30(39)29-16-24(43)14-15-34(29,3)37(28,40)31(44)19-35(27,4)38(33,47-36)32(45)20-42/h6-16,21,27-28,30-31,33,41-42,44H,17-20H2,1-5H3/t27-,28-,30-,31-,33+,34-,35-,36-,37-,38+/m0/s1. The molecule has 7 rings (SSSR count). The van der Waals surface area contributed by atoms with E-state index < -0.39 is 76.3 Å². The number of ketones is 2. The SMILES string of the molecule is CC(C)Nc1ccc(Sc2ccc([C@@]3(C)O[C@@H]4C[C@H]5[C@@H]6C[C@H](F)C7=CC(=O)C=C[C@]7(C)[C@@]6(F)[C@@H](O)C[C@]5(C)[C@]4(C(=O)CO)O3)cc2)cc1. The molecule has 4 fully saturated rings. The molecule has 7 nitrogen and oxygen atoms in total. The van der Waals surface area contributed by atoms with Crippen LogP contribution < -0.4 is 5.32 Å². The van der Waals surface area contributed by atoms with Gasteiger partial charge in [0.1, 0.15) is 12.8 Å². The van der Waals surface area contributed by atoms with Crippen LogP contribution in [0.1, 0.15) is 59.4 Å². The largest absolute Gasteiger partial charge is 0.390 e. The van der Waals surface area contributed by atoms with Gasteiger partial charge in [-0.05, 0) is 107 Å². The molecule has 1 aliphatic heterocycles. The Balaban J connectivity index is 1.18. The number of carbonyl (C=O) groups excluding carboxylic acids is 2. The van der Waals surface area contributed by atoms with Crippen LogP contribution in [-0.4, -0.2) is 64.1 Å². The monoisotopic (exact) mass is 679 g/mol. The summed E-state index contributed by atoms with van der Waals surface area (Å²) in [6, 6.07) is 16.2. The fourth-order valence-corrected chi connectivity index (χ4v) is 10.6. The summed E-state index contributed by atoms with van der Waals surface area (Å²) in [4.78, 5) is 28.1. The van der Waals surface area contributed by atoms with Gasteiger partial charge >= 0.3 is 0 Å². The van der Waals surface area contributed by atoms with Gasteiger partial charge < -0.3 is 25.0 Å². The predicted octanol–water partition coefficient (Wildman–Crippen LogP) is 6.48. The van der Waals surface area contributed by atoms with Crippen LogP contribution in [0.5, 0.6) is 0 Å². The third-order valence-electron chi connectivity index (χ3n) is 12.0. The Morgan fingerprint density at radius 3 is 2.31 bits per heavy atom. The van der Waals surface area contributed by atoms with E-state index in [-0.39, 0.29) is 24.8 Å². The van der Waals surface area contributed by atoms with E-state index in [1.54, 1.807) is 32.5 Å². The molecule has 0 bridgehead atoms. The average Bonchev–Trinajstić information content (AvgIpc) is 3.48. The van der Waals surface area contributed by atoms with Crippen molar-refractivity contribution in [2.75, 3.05) is 11.9 Å². The molecular weight excluding hydrogens is 636 g/mol. The predicted molar refractivity (Wildman–Crippen MR) is 178 cm³/mol. The third kappa shape index (κ3) is 4.59. The highest BCUT2D eigenvalue weighted by Gasteiger charge is 2.81. The molecule has 10 atom stereocenters. The van der Waals surface area contributed by atoms with Gasteiger partial charge in [0.05, 0.1) is 12.2 Å². The number of carbonyl (C=O) groups is 2. The highest BCUT2D eigenvalue weighted by atomic mass is 32.2. The first kappa shape index (κ1) is 33.6. The maximum absolute atomic E-state index is 17.7. The van der Waals surface area contributed by atoms with Gasteiger partial charge in [-0.1, -0.05) is 36.9 Å². The zero-order valence-electron chi connectivity index (χ0n) is 27.8. The second-order valence-corrected chi connectivity index (χ2v) is 16.2. The number of hydrogen-bond acceptors (Lipinski definition) is 8. The van der Waals surface area contributed by atoms with Crippen LogP contribution in [0.4, 0.5) is 14.5 Å². The van der Waals surface area contributed by atoms with Crippen LogP contribution in [0.2, 0.25) is 0 Å². The number of benzene rings is 2. The average molecular weight is 680 g/mol. The minimum atomic E-state index is -2.30. The van der Waals surface area contributed by atoms with Crippen LogP contribution in [0.15, 0.2) is 82.1 Å². The minimum Gasteiger partial charge on any atom is -0.390 e. The summed E-state index contributed by atoms with van der Waals surface area (Å²) in [5, 5.41) is 25.4. The van der Waals surface area contributed by atoms with E-state index in [2.05, 4.69) is 31.3 Å².